The molecular formula is C18H21N5O5S. The normalized spacial score (nSPS) is 11.7. The van der Waals surface area contributed by atoms with Crippen LogP contribution in [0.4, 0.5) is 5.69 Å². The molecule has 3 aromatic rings. The Labute approximate surface area is 166 Å². The van der Waals surface area contributed by atoms with Crippen LogP contribution in [0.1, 0.15) is 12.8 Å². The molecule has 1 amide bonds. The molecule has 1 aromatic carbocycles. The van der Waals surface area contributed by atoms with Crippen LogP contribution in [-0.2, 0) is 35.3 Å². The fraction of sp³-hybridized carbons (Fsp3) is 0.333. The standard InChI is InChI=1S/C18H21N5O5S/c1-21-16-15(17(25)22(2)18(21)26)23(11-19-16)10-6-9-14(24)20-12-7-4-5-8-13(12)29(3,27)28/h4-5,7-8,11H,6,9-10H2,1-3H3,(H,20,24). The number of aromatic nitrogens is 4. The summed E-state index contributed by atoms with van der Waals surface area (Å²) in [6.45, 7) is 0.338. The minimum absolute atomic E-state index is 0.0540. The van der Waals surface area contributed by atoms with Crippen molar-refractivity contribution >= 4 is 32.6 Å². The number of imidazole rings is 1. The number of amides is 1. The topological polar surface area (TPSA) is 125 Å². The van der Waals surface area contributed by atoms with E-state index in [-0.39, 0.29) is 34.1 Å². The first kappa shape index (κ1) is 20.5. The molecule has 0 saturated heterocycles. The van der Waals surface area contributed by atoms with Crippen LogP contribution in [0.2, 0.25) is 0 Å². The minimum Gasteiger partial charge on any atom is -0.325 e. The summed E-state index contributed by atoms with van der Waals surface area (Å²) in [5.74, 6) is -0.342. The lowest BCUT2D eigenvalue weighted by Gasteiger charge is -2.10. The highest BCUT2D eigenvalue weighted by Crippen LogP contribution is 2.20. The number of anilines is 1. The Hall–Kier alpha value is -3.21. The van der Waals surface area contributed by atoms with Crippen LogP contribution in [0.3, 0.4) is 0 Å². The average molecular weight is 419 g/mol. The predicted molar refractivity (Wildman–Crippen MR) is 108 cm³/mol. The molecule has 0 aliphatic heterocycles. The summed E-state index contributed by atoms with van der Waals surface area (Å²) < 4.78 is 27.6. The van der Waals surface area contributed by atoms with Gasteiger partial charge in [0.15, 0.2) is 21.0 Å². The second kappa shape index (κ2) is 7.66. The van der Waals surface area contributed by atoms with Crippen molar-refractivity contribution in [2.24, 2.45) is 14.1 Å². The number of fused-ring (bicyclic) bond motifs is 1. The van der Waals surface area contributed by atoms with Gasteiger partial charge < -0.3 is 9.88 Å². The van der Waals surface area contributed by atoms with Gasteiger partial charge in [0.05, 0.1) is 16.9 Å². The van der Waals surface area contributed by atoms with Gasteiger partial charge in [-0.1, -0.05) is 12.1 Å². The lowest BCUT2D eigenvalue weighted by Crippen LogP contribution is -2.37. The third-order valence-electron chi connectivity index (χ3n) is 4.58. The molecule has 0 fully saturated rings. The molecule has 1 N–H and O–H groups in total. The molecule has 0 unspecified atom stereocenters. The van der Waals surface area contributed by atoms with Crippen LogP contribution >= 0.6 is 0 Å². The average Bonchev–Trinajstić information content (AvgIpc) is 3.08. The first-order valence-electron chi connectivity index (χ1n) is 8.81. The molecule has 11 heteroatoms. The lowest BCUT2D eigenvalue weighted by molar-refractivity contribution is -0.116. The molecule has 0 aliphatic rings. The number of nitrogens with one attached hydrogen (secondary N) is 1. The maximum atomic E-state index is 12.4. The largest absolute Gasteiger partial charge is 0.332 e. The second-order valence-electron chi connectivity index (χ2n) is 6.74. The van der Waals surface area contributed by atoms with Crippen molar-refractivity contribution in [3.8, 4) is 0 Å². The maximum absolute atomic E-state index is 12.4. The van der Waals surface area contributed by atoms with E-state index in [0.717, 1.165) is 10.8 Å². The summed E-state index contributed by atoms with van der Waals surface area (Å²) in [7, 11) is -0.535. The van der Waals surface area contributed by atoms with Crippen LogP contribution in [0.15, 0.2) is 45.1 Å². The molecule has 0 spiro atoms. The van der Waals surface area contributed by atoms with E-state index in [1.807, 2.05) is 0 Å². The van der Waals surface area contributed by atoms with Crippen molar-refractivity contribution in [1.29, 1.82) is 0 Å². The van der Waals surface area contributed by atoms with Crippen molar-refractivity contribution in [1.82, 2.24) is 18.7 Å². The second-order valence-corrected chi connectivity index (χ2v) is 8.72. The minimum atomic E-state index is -3.47. The molecule has 29 heavy (non-hydrogen) atoms. The quantitative estimate of drug-likeness (QED) is 0.611. The van der Waals surface area contributed by atoms with E-state index in [4.69, 9.17) is 0 Å². The fourth-order valence-electron chi connectivity index (χ4n) is 3.08. The monoisotopic (exact) mass is 419 g/mol. The fourth-order valence-corrected chi connectivity index (χ4v) is 3.93. The predicted octanol–water partition coefficient (Wildman–Crippen LogP) is 0.256. The van der Waals surface area contributed by atoms with E-state index < -0.39 is 21.1 Å². The van der Waals surface area contributed by atoms with Crippen molar-refractivity contribution in [2.75, 3.05) is 11.6 Å². The highest BCUT2D eigenvalue weighted by Gasteiger charge is 2.16. The molecule has 0 bridgehead atoms. The molecule has 0 radical (unpaired) electrons. The molecule has 10 nitrogen and oxygen atoms in total. The molecule has 3 rings (SSSR count). The van der Waals surface area contributed by atoms with Gasteiger partial charge in [-0.15, -0.1) is 0 Å². The van der Waals surface area contributed by atoms with Crippen LogP contribution in [0, 0.1) is 0 Å². The lowest BCUT2D eigenvalue weighted by atomic mass is 10.2. The van der Waals surface area contributed by atoms with Gasteiger partial charge >= 0.3 is 5.69 Å². The summed E-state index contributed by atoms with van der Waals surface area (Å²) in [5.41, 5.74) is -0.109. The summed E-state index contributed by atoms with van der Waals surface area (Å²) in [5, 5.41) is 2.62. The van der Waals surface area contributed by atoms with E-state index >= 15 is 0 Å². The number of benzene rings is 1. The smallest absolute Gasteiger partial charge is 0.325 e. The van der Waals surface area contributed by atoms with Crippen molar-refractivity contribution in [3.63, 3.8) is 0 Å². The summed E-state index contributed by atoms with van der Waals surface area (Å²) >= 11 is 0. The Morgan fingerprint density at radius 2 is 1.83 bits per heavy atom. The van der Waals surface area contributed by atoms with E-state index in [1.165, 1.54) is 37.1 Å². The van der Waals surface area contributed by atoms with Gasteiger partial charge in [-0.25, -0.2) is 18.2 Å². The van der Waals surface area contributed by atoms with Gasteiger partial charge in [-0.2, -0.15) is 0 Å². The number of nitrogens with zero attached hydrogens (tertiary/aromatic N) is 4. The summed E-state index contributed by atoms with van der Waals surface area (Å²) in [4.78, 5) is 40.8. The Kier molecular flexibility index (Phi) is 5.42. The zero-order valence-electron chi connectivity index (χ0n) is 16.2. The van der Waals surface area contributed by atoms with Crippen LogP contribution in [-0.4, -0.2) is 39.3 Å². The first-order chi connectivity index (χ1) is 13.6. The zero-order chi connectivity index (χ0) is 21.3. The molecule has 0 aliphatic carbocycles. The highest BCUT2D eigenvalue weighted by molar-refractivity contribution is 7.90. The number of para-hydroxylation sites is 1. The molecule has 2 aromatic heterocycles. The SMILES string of the molecule is Cn1c(=O)c2c(ncn2CCCC(=O)Nc2ccccc2S(C)(=O)=O)n(C)c1=O. The van der Waals surface area contributed by atoms with Crippen LogP contribution < -0.4 is 16.6 Å². The molecule has 0 atom stereocenters. The van der Waals surface area contributed by atoms with E-state index in [9.17, 15) is 22.8 Å². The Balaban J connectivity index is 1.73. The molecule has 154 valence electrons. The van der Waals surface area contributed by atoms with Crippen LogP contribution in [0.25, 0.3) is 11.2 Å². The third kappa shape index (κ3) is 3.99. The number of rotatable bonds is 6. The van der Waals surface area contributed by atoms with Gasteiger partial charge in [0.1, 0.15) is 0 Å². The van der Waals surface area contributed by atoms with Gasteiger partial charge in [0.2, 0.25) is 5.91 Å². The molecule has 0 saturated carbocycles. The number of carbonyl (C=O) groups is 1. The Bertz CT molecular complexity index is 1320. The first-order valence-corrected chi connectivity index (χ1v) is 10.7. The number of hydrogen-bond acceptors (Lipinski definition) is 6. The number of sulfone groups is 1. The Morgan fingerprint density at radius 3 is 2.52 bits per heavy atom. The third-order valence-corrected chi connectivity index (χ3v) is 5.74. The Morgan fingerprint density at radius 1 is 1.14 bits per heavy atom. The van der Waals surface area contributed by atoms with Crippen molar-refractivity contribution in [3.05, 3.63) is 51.4 Å². The summed E-state index contributed by atoms with van der Waals surface area (Å²) in [6, 6.07) is 6.19. The van der Waals surface area contributed by atoms with Crippen molar-refractivity contribution < 1.29 is 13.2 Å². The van der Waals surface area contributed by atoms with Gasteiger partial charge in [0.25, 0.3) is 5.56 Å². The van der Waals surface area contributed by atoms with Gasteiger partial charge in [-0.3, -0.25) is 18.7 Å². The van der Waals surface area contributed by atoms with E-state index in [2.05, 4.69) is 10.3 Å². The van der Waals surface area contributed by atoms with Gasteiger partial charge in [-0.05, 0) is 18.6 Å². The molecular weight excluding hydrogens is 398 g/mol. The number of aryl methyl sites for hydroxylation is 2. The number of carbonyl (C=O) groups excluding carboxylic acids is 1. The van der Waals surface area contributed by atoms with Gasteiger partial charge in [0, 0.05) is 33.3 Å². The highest BCUT2D eigenvalue weighted by atomic mass is 32.2. The van der Waals surface area contributed by atoms with Crippen molar-refractivity contribution in [2.45, 2.75) is 24.3 Å². The van der Waals surface area contributed by atoms with Crippen LogP contribution in [0.5, 0.6) is 0 Å². The molecule has 2 heterocycles. The maximum Gasteiger partial charge on any atom is 0.332 e. The van der Waals surface area contributed by atoms with E-state index in [0.29, 0.717) is 13.0 Å². The number of hydrogen-bond donors (Lipinski definition) is 1. The van der Waals surface area contributed by atoms with E-state index in [1.54, 1.807) is 16.7 Å². The summed E-state index contributed by atoms with van der Waals surface area (Å²) in [6.07, 6.45) is 3.05. The zero-order valence-corrected chi connectivity index (χ0v) is 17.1.